The number of rotatable bonds is 5. The molecule has 2 rings (SSSR count). The van der Waals surface area contributed by atoms with Gasteiger partial charge in [-0.1, -0.05) is 6.92 Å². The van der Waals surface area contributed by atoms with Crippen LogP contribution in [0.15, 0.2) is 0 Å². The molecule has 0 aromatic carbocycles. The van der Waals surface area contributed by atoms with E-state index >= 15 is 0 Å². The van der Waals surface area contributed by atoms with Crippen LogP contribution in [0.5, 0.6) is 0 Å². The van der Waals surface area contributed by atoms with Crippen molar-refractivity contribution in [3.05, 3.63) is 0 Å². The summed E-state index contributed by atoms with van der Waals surface area (Å²) in [4.78, 5) is 0. The van der Waals surface area contributed by atoms with Crippen LogP contribution in [0.3, 0.4) is 0 Å². The van der Waals surface area contributed by atoms with Crippen LogP contribution in [0.25, 0.3) is 0 Å². The highest BCUT2D eigenvalue weighted by Gasteiger charge is 2.20. The van der Waals surface area contributed by atoms with Gasteiger partial charge in [0.2, 0.25) is 0 Å². The molecule has 0 heterocycles. The highest BCUT2D eigenvalue weighted by atomic mass is 15.0. The van der Waals surface area contributed by atoms with Crippen molar-refractivity contribution >= 4 is 0 Å². The maximum atomic E-state index is 3.66. The topological polar surface area (TPSA) is 24.1 Å². The molecule has 0 amide bonds. The normalized spacial score (nSPS) is 33.2. The van der Waals surface area contributed by atoms with Crippen molar-refractivity contribution in [1.29, 1.82) is 0 Å². The summed E-state index contributed by atoms with van der Waals surface area (Å²) in [5, 5.41) is 7.21. The molecule has 2 fully saturated rings. The first-order chi connectivity index (χ1) is 6.84. The van der Waals surface area contributed by atoms with Gasteiger partial charge in [0.1, 0.15) is 0 Å². The molecule has 0 aromatic heterocycles. The molecule has 14 heavy (non-hydrogen) atoms. The van der Waals surface area contributed by atoms with Crippen LogP contribution >= 0.6 is 0 Å². The van der Waals surface area contributed by atoms with E-state index in [1.807, 2.05) is 0 Å². The minimum absolute atomic E-state index is 0.812. The third-order valence-electron chi connectivity index (χ3n) is 3.58. The molecular formula is C12H24N2. The Morgan fingerprint density at radius 2 is 1.21 bits per heavy atom. The molecule has 0 radical (unpaired) electrons. The van der Waals surface area contributed by atoms with Gasteiger partial charge in [-0.15, -0.1) is 0 Å². The summed E-state index contributed by atoms with van der Waals surface area (Å²) < 4.78 is 0. The molecular weight excluding hydrogens is 172 g/mol. The summed E-state index contributed by atoms with van der Waals surface area (Å²) in [5.74, 6) is 0.970. The predicted octanol–water partition coefficient (Wildman–Crippen LogP) is 1.91. The van der Waals surface area contributed by atoms with Gasteiger partial charge in [0.05, 0.1) is 0 Å². The molecule has 2 heteroatoms. The van der Waals surface area contributed by atoms with E-state index in [1.165, 1.54) is 38.5 Å². The van der Waals surface area contributed by atoms with E-state index in [1.54, 1.807) is 0 Å². The lowest BCUT2D eigenvalue weighted by atomic mass is 9.87. The molecule has 2 aliphatic carbocycles. The van der Waals surface area contributed by atoms with Crippen LogP contribution in [0.4, 0.5) is 0 Å². The average Bonchev–Trinajstić information content (AvgIpc) is 2.99. The van der Waals surface area contributed by atoms with Gasteiger partial charge in [-0.25, -0.2) is 0 Å². The summed E-state index contributed by atoms with van der Waals surface area (Å²) in [6, 6.07) is 1.68. The zero-order chi connectivity index (χ0) is 9.80. The molecule has 0 aromatic rings. The third kappa shape index (κ3) is 3.58. The molecule has 0 aliphatic heterocycles. The van der Waals surface area contributed by atoms with E-state index in [0.29, 0.717) is 0 Å². The van der Waals surface area contributed by atoms with Gasteiger partial charge in [0.25, 0.3) is 0 Å². The molecule has 2 N–H and O–H groups in total. The van der Waals surface area contributed by atoms with Crippen LogP contribution in [-0.2, 0) is 0 Å². The standard InChI is InChI=1S/C12H24N2/c1-10-2-4-11(5-3-10)13-8-9-14-12-6-7-12/h10-14H,2-9H2,1H3. The Labute approximate surface area is 87.8 Å². The second kappa shape index (κ2) is 5.13. The Morgan fingerprint density at radius 1 is 0.786 bits per heavy atom. The highest BCUT2D eigenvalue weighted by Crippen LogP contribution is 2.23. The maximum absolute atomic E-state index is 3.66. The molecule has 0 unspecified atom stereocenters. The smallest absolute Gasteiger partial charge is 0.00794 e. The Balaban J connectivity index is 1.47. The molecule has 82 valence electrons. The Morgan fingerprint density at radius 3 is 1.64 bits per heavy atom. The maximum Gasteiger partial charge on any atom is 0.00794 e. The van der Waals surface area contributed by atoms with Gasteiger partial charge < -0.3 is 10.6 Å². The minimum atomic E-state index is 0.812. The van der Waals surface area contributed by atoms with Crippen molar-refractivity contribution in [2.75, 3.05) is 13.1 Å². The fourth-order valence-electron chi connectivity index (χ4n) is 2.30. The number of nitrogens with one attached hydrogen (secondary N) is 2. The predicted molar refractivity (Wildman–Crippen MR) is 60.4 cm³/mol. The largest absolute Gasteiger partial charge is 0.313 e. The second-order valence-electron chi connectivity index (χ2n) is 5.14. The summed E-state index contributed by atoms with van der Waals surface area (Å²) in [6.45, 7) is 4.71. The van der Waals surface area contributed by atoms with Gasteiger partial charge in [0.15, 0.2) is 0 Å². The molecule has 0 saturated heterocycles. The van der Waals surface area contributed by atoms with Gasteiger partial charge in [0, 0.05) is 25.2 Å². The summed E-state index contributed by atoms with van der Waals surface area (Å²) in [5.41, 5.74) is 0. The van der Waals surface area contributed by atoms with Crippen LogP contribution < -0.4 is 10.6 Å². The van der Waals surface area contributed by atoms with Crippen LogP contribution in [0, 0.1) is 5.92 Å². The average molecular weight is 196 g/mol. The number of hydrogen-bond acceptors (Lipinski definition) is 2. The molecule has 0 spiro atoms. The molecule has 0 bridgehead atoms. The first kappa shape index (κ1) is 10.4. The lowest BCUT2D eigenvalue weighted by Crippen LogP contribution is -2.37. The van der Waals surface area contributed by atoms with Crippen LogP contribution in [0.2, 0.25) is 0 Å². The number of hydrogen-bond donors (Lipinski definition) is 2. The summed E-state index contributed by atoms with van der Waals surface area (Å²) in [7, 11) is 0. The Kier molecular flexibility index (Phi) is 3.82. The monoisotopic (exact) mass is 196 g/mol. The zero-order valence-electron chi connectivity index (χ0n) is 9.39. The van der Waals surface area contributed by atoms with E-state index in [0.717, 1.165) is 31.1 Å². The molecule has 2 nitrogen and oxygen atoms in total. The SMILES string of the molecule is CC1CCC(NCCNC2CC2)CC1. The lowest BCUT2D eigenvalue weighted by molar-refractivity contribution is 0.308. The van der Waals surface area contributed by atoms with Crippen LogP contribution in [0.1, 0.15) is 45.4 Å². The fraction of sp³-hybridized carbons (Fsp3) is 1.00. The molecule has 2 saturated carbocycles. The van der Waals surface area contributed by atoms with E-state index in [9.17, 15) is 0 Å². The van der Waals surface area contributed by atoms with E-state index in [-0.39, 0.29) is 0 Å². The second-order valence-corrected chi connectivity index (χ2v) is 5.14. The van der Waals surface area contributed by atoms with Crippen molar-refractivity contribution in [3.8, 4) is 0 Å². The van der Waals surface area contributed by atoms with Crippen LogP contribution in [-0.4, -0.2) is 25.2 Å². The van der Waals surface area contributed by atoms with Crippen molar-refractivity contribution in [3.63, 3.8) is 0 Å². The molecule has 2 aliphatic rings. The summed E-state index contributed by atoms with van der Waals surface area (Å²) in [6.07, 6.45) is 8.44. The van der Waals surface area contributed by atoms with E-state index < -0.39 is 0 Å². The van der Waals surface area contributed by atoms with E-state index in [4.69, 9.17) is 0 Å². The highest BCUT2D eigenvalue weighted by molar-refractivity contribution is 4.81. The van der Waals surface area contributed by atoms with E-state index in [2.05, 4.69) is 17.6 Å². The van der Waals surface area contributed by atoms with Gasteiger partial charge in [-0.3, -0.25) is 0 Å². The van der Waals surface area contributed by atoms with Crippen molar-refractivity contribution < 1.29 is 0 Å². The Bertz CT molecular complexity index is 158. The van der Waals surface area contributed by atoms with Crippen molar-refractivity contribution in [2.45, 2.75) is 57.5 Å². The minimum Gasteiger partial charge on any atom is -0.313 e. The first-order valence-corrected chi connectivity index (χ1v) is 6.31. The quantitative estimate of drug-likeness (QED) is 0.656. The first-order valence-electron chi connectivity index (χ1n) is 6.31. The Hall–Kier alpha value is -0.0800. The van der Waals surface area contributed by atoms with Crippen molar-refractivity contribution in [2.24, 2.45) is 5.92 Å². The van der Waals surface area contributed by atoms with Gasteiger partial charge >= 0.3 is 0 Å². The van der Waals surface area contributed by atoms with Crippen molar-refractivity contribution in [1.82, 2.24) is 10.6 Å². The third-order valence-corrected chi connectivity index (χ3v) is 3.58. The lowest BCUT2D eigenvalue weighted by Gasteiger charge is -2.27. The zero-order valence-corrected chi connectivity index (χ0v) is 9.39. The fourth-order valence-corrected chi connectivity index (χ4v) is 2.30. The summed E-state index contributed by atoms with van der Waals surface area (Å²) >= 11 is 0. The molecule has 0 atom stereocenters. The van der Waals surface area contributed by atoms with Gasteiger partial charge in [-0.05, 0) is 44.4 Å². The van der Waals surface area contributed by atoms with Gasteiger partial charge in [-0.2, -0.15) is 0 Å².